The molecule has 1 N–H and O–H groups in total. The van der Waals surface area contributed by atoms with Crippen molar-refractivity contribution in [3.05, 3.63) is 83.4 Å². The van der Waals surface area contributed by atoms with Crippen LogP contribution in [-0.2, 0) is 4.79 Å². The highest BCUT2D eigenvalue weighted by Crippen LogP contribution is 2.34. The van der Waals surface area contributed by atoms with Gasteiger partial charge in [0.15, 0.2) is 11.6 Å². The minimum absolute atomic E-state index is 0.0349. The van der Waals surface area contributed by atoms with Crippen molar-refractivity contribution < 1.29 is 13.6 Å². The SMILES string of the molecule is N#Cc1cccc(C2=Nc3ccc(-c4cccc(F)c4F)cc3NC(=O)C2)c1. The maximum atomic E-state index is 14.1. The third-order valence-electron chi connectivity index (χ3n) is 4.44. The Bertz CT molecular complexity index is 1180. The van der Waals surface area contributed by atoms with Crippen LogP contribution in [0.2, 0.25) is 0 Å². The Labute approximate surface area is 159 Å². The first kappa shape index (κ1) is 17.6. The molecule has 0 spiro atoms. The summed E-state index contributed by atoms with van der Waals surface area (Å²) in [6.45, 7) is 0. The fourth-order valence-electron chi connectivity index (χ4n) is 3.09. The predicted octanol–water partition coefficient (Wildman–Crippen LogP) is 4.97. The number of carbonyl (C=O) groups is 1. The topological polar surface area (TPSA) is 65.2 Å². The lowest BCUT2D eigenvalue weighted by Gasteiger charge is -2.09. The summed E-state index contributed by atoms with van der Waals surface area (Å²) in [5, 5.41) is 11.8. The van der Waals surface area contributed by atoms with E-state index in [-0.39, 0.29) is 17.9 Å². The van der Waals surface area contributed by atoms with Gasteiger partial charge in [0, 0.05) is 5.56 Å². The Morgan fingerprint density at radius 1 is 1.00 bits per heavy atom. The van der Waals surface area contributed by atoms with Crippen LogP contribution >= 0.6 is 0 Å². The fraction of sp³-hybridized carbons (Fsp3) is 0.0455. The van der Waals surface area contributed by atoms with Crippen LogP contribution in [0.5, 0.6) is 0 Å². The van der Waals surface area contributed by atoms with Crippen molar-refractivity contribution in [2.75, 3.05) is 5.32 Å². The smallest absolute Gasteiger partial charge is 0.230 e. The molecule has 28 heavy (non-hydrogen) atoms. The van der Waals surface area contributed by atoms with E-state index in [1.807, 2.05) is 0 Å². The quantitative estimate of drug-likeness (QED) is 0.689. The predicted molar refractivity (Wildman–Crippen MR) is 102 cm³/mol. The Hall–Kier alpha value is -3.85. The van der Waals surface area contributed by atoms with Crippen LogP contribution in [0.3, 0.4) is 0 Å². The number of hydrogen-bond donors (Lipinski definition) is 1. The average Bonchev–Trinajstić information content (AvgIpc) is 2.87. The number of carbonyl (C=O) groups excluding carboxylic acids is 1. The van der Waals surface area contributed by atoms with Gasteiger partial charge >= 0.3 is 0 Å². The maximum absolute atomic E-state index is 14.1. The van der Waals surface area contributed by atoms with Crippen molar-refractivity contribution in [2.45, 2.75) is 6.42 Å². The molecule has 0 bridgehead atoms. The highest BCUT2D eigenvalue weighted by atomic mass is 19.2. The molecule has 0 aliphatic carbocycles. The van der Waals surface area contributed by atoms with E-state index >= 15 is 0 Å². The Kier molecular flexibility index (Phi) is 4.42. The van der Waals surface area contributed by atoms with Crippen molar-refractivity contribution in [3.8, 4) is 17.2 Å². The van der Waals surface area contributed by atoms with Gasteiger partial charge in [0.2, 0.25) is 5.91 Å². The maximum Gasteiger partial charge on any atom is 0.230 e. The second-order valence-electron chi connectivity index (χ2n) is 6.31. The number of hydrogen-bond acceptors (Lipinski definition) is 3. The zero-order valence-corrected chi connectivity index (χ0v) is 14.5. The molecule has 1 aliphatic heterocycles. The van der Waals surface area contributed by atoms with Crippen LogP contribution in [0.1, 0.15) is 17.5 Å². The van der Waals surface area contributed by atoms with E-state index in [1.54, 1.807) is 42.5 Å². The second kappa shape index (κ2) is 7.05. The molecule has 1 amide bonds. The molecular weight excluding hydrogens is 360 g/mol. The molecular formula is C22H13F2N3O. The summed E-state index contributed by atoms with van der Waals surface area (Å²) in [7, 11) is 0. The number of fused-ring (bicyclic) bond motifs is 1. The number of aliphatic imine (C=N–C) groups is 1. The number of rotatable bonds is 2. The summed E-state index contributed by atoms with van der Waals surface area (Å²) < 4.78 is 27.7. The lowest BCUT2D eigenvalue weighted by Crippen LogP contribution is -2.15. The molecule has 0 radical (unpaired) electrons. The van der Waals surface area contributed by atoms with Crippen LogP contribution in [0.15, 0.2) is 65.7 Å². The molecule has 4 rings (SSSR count). The number of nitrogens with one attached hydrogen (secondary N) is 1. The lowest BCUT2D eigenvalue weighted by atomic mass is 10.0. The third kappa shape index (κ3) is 3.26. The first-order valence-corrected chi connectivity index (χ1v) is 8.51. The van der Waals surface area contributed by atoms with E-state index in [0.29, 0.717) is 33.8 Å². The largest absolute Gasteiger partial charge is 0.324 e. The van der Waals surface area contributed by atoms with E-state index in [1.165, 1.54) is 12.1 Å². The summed E-state index contributed by atoms with van der Waals surface area (Å²) in [6, 6.07) is 17.7. The van der Waals surface area contributed by atoms with Gasteiger partial charge in [0.1, 0.15) is 0 Å². The zero-order chi connectivity index (χ0) is 19.7. The van der Waals surface area contributed by atoms with Gasteiger partial charge < -0.3 is 5.32 Å². The van der Waals surface area contributed by atoms with Crippen molar-refractivity contribution in [1.82, 2.24) is 0 Å². The molecule has 0 aromatic heterocycles. The number of anilines is 1. The molecule has 3 aromatic carbocycles. The van der Waals surface area contributed by atoms with E-state index in [9.17, 15) is 13.6 Å². The molecule has 0 fully saturated rings. The molecule has 4 nitrogen and oxygen atoms in total. The number of amides is 1. The minimum Gasteiger partial charge on any atom is -0.324 e. The first-order chi connectivity index (χ1) is 13.5. The fourth-order valence-corrected chi connectivity index (χ4v) is 3.09. The number of benzene rings is 3. The molecule has 1 aliphatic rings. The summed E-state index contributed by atoms with van der Waals surface area (Å²) in [4.78, 5) is 16.9. The highest BCUT2D eigenvalue weighted by molar-refractivity contribution is 6.17. The summed E-state index contributed by atoms with van der Waals surface area (Å²) in [6.07, 6.45) is 0.0349. The highest BCUT2D eigenvalue weighted by Gasteiger charge is 2.19. The number of nitrogens with zero attached hydrogens (tertiary/aromatic N) is 2. The lowest BCUT2D eigenvalue weighted by molar-refractivity contribution is -0.115. The molecule has 1 heterocycles. The monoisotopic (exact) mass is 373 g/mol. The summed E-state index contributed by atoms with van der Waals surface area (Å²) in [5.74, 6) is -2.16. The van der Waals surface area contributed by atoms with Gasteiger partial charge in [-0.2, -0.15) is 5.26 Å². The summed E-state index contributed by atoms with van der Waals surface area (Å²) in [5.41, 5.74) is 3.14. The molecule has 3 aromatic rings. The van der Waals surface area contributed by atoms with E-state index in [0.717, 1.165) is 6.07 Å². The second-order valence-corrected chi connectivity index (χ2v) is 6.31. The summed E-state index contributed by atoms with van der Waals surface area (Å²) >= 11 is 0. The van der Waals surface area contributed by atoms with Crippen LogP contribution in [-0.4, -0.2) is 11.6 Å². The Balaban J connectivity index is 1.80. The standard InChI is InChI=1S/C22H13F2N3O/c23-17-6-2-5-16(22(17)24)14-7-8-18-20(10-14)27-21(28)11-19(26-18)15-4-1-3-13(9-15)12-25/h1-10H,11H2,(H,27,28). The number of nitriles is 1. The van der Waals surface area contributed by atoms with E-state index < -0.39 is 11.6 Å². The van der Waals surface area contributed by atoms with Crippen LogP contribution < -0.4 is 5.32 Å². The number of halogens is 2. The van der Waals surface area contributed by atoms with Gasteiger partial charge in [-0.25, -0.2) is 8.78 Å². The van der Waals surface area contributed by atoms with Crippen LogP contribution in [0, 0.1) is 23.0 Å². The Morgan fingerprint density at radius 3 is 2.64 bits per heavy atom. The third-order valence-corrected chi connectivity index (χ3v) is 4.44. The van der Waals surface area contributed by atoms with Crippen molar-refractivity contribution >= 4 is 23.0 Å². The van der Waals surface area contributed by atoms with Gasteiger partial charge in [-0.3, -0.25) is 9.79 Å². The zero-order valence-electron chi connectivity index (χ0n) is 14.5. The van der Waals surface area contributed by atoms with Crippen molar-refractivity contribution in [2.24, 2.45) is 4.99 Å². The van der Waals surface area contributed by atoms with Crippen molar-refractivity contribution in [3.63, 3.8) is 0 Å². The van der Waals surface area contributed by atoms with Crippen LogP contribution in [0.4, 0.5) is 20.2 Å². The molecule has 6 heteroatoms. The van der Waals surface area contributed by atoms with Gasteiger partial charge in [-0.05, 0) is 41.5 Å². The van der Waals surface area contributed by atoms with Gasteiger partial charge in [0.25, 0.3) is 0 Å². The minimum atomic E-state index is -0.945. The van der Waals surface area contributed by atoms with Gasteiger partial charge in [-0.15, -0.1) is 0 Å². The van der Waals surface area contributed by atoms with Gasteiger partial charge in [0.05, 0.1) is 35.1 Å². The van der Waals surface area contributed by atoms with E-state index in [4.69, 9.17) is 5.26 Å². The first-order valence-electron chi connectivity index (χ1n) is 8.51. The molecule has 0 atom stereocenters. The average molecular weight is 373 g/mol. The van der Waals surface area contributed by atoms with E-state index in [2.05, 4.69) is 16.4 Å². The van der Waals surface area contributed by atoms with Crippen molar-refractivity contribution in [1.29, 1.82) is 5.26 Å². The van der Waals surface area contributed by atoms with Crippen LogP contribution in [0.25, 0.3) is 11.1 Å². The molecule has 136 valence electrons. The normalized spacial score (nSPS) is 13.0. The molecule has 0 saturated heterocycles. The Morgan fingerprint density at radius 2 is 1.82 bits per heavy atom. The van der Waals surface area contributed by atoms with Gasteiger partial charge in [-0.1, -0.05) is 30.3 Å². The molecule has 0 saturated carbocycles. The molecule has 0 unspecified atom stereocenters.